The lowest BCUT2D eigenvalue weighted by Crippen LogP contribution is -2.12. The zero-order valence-corrected chi connectivity index (χ0v) is 15.4. The number of hydrogen-bond donors (Lipinski definition) is 0. The molecule has 4 nitrogen and oxygen atoms in total. The first-order valence-electron chi connectivity index (χ1n) is 9.03. The van der Waals surface area contributed by atoms with Crippen molar-refractivity contribution in [3.05, 3.63) is 59.2 Å². The van der Waals surface area contributed by atoms with E-state index < -0.39 is 5.97 Å². The first kappa shape index (κ1) is 18.1. The van der Waals surface area contributed by atoms with Gasteiger partial charge in [0.15, 0.2) is 0 Å². The fourth-order valence-electron chi connectivity index (χ4n) is 3.55. The Morgan fingerprint density at radius 2 is 1.77 bits per heavy atom. The molecule has 0 saturated carbocycles. The number of carbonyl (C=O) groups is 2. The second-order valence-electron chi connectivity index (χ2n) is 6.67. The summed E-state index contributed by atoms with van der Waals surface area (Å²) in [5.41, 5.74) is 5.74. The maximum absolute atomic E-state index is 12.6. The van der Waals surface area contributed by atoms with Crippen molar-refractivity contribution in [2.24, 2.45) is 5.16 Å². The van der Waals surface area contributed by atoms with Gasteiger partial charge in [-0.3, -0.25) is 4.79 Å². The van der Waals surface area contributed by atoms with Crippen molar-refractivity contribution in [2.45, 2.75) is 46.0 Å². The number of hydrogen-bond acceptors (Lipinski definition) is 4. The number of fused-ring (bicyclic) bond motifs is 3. The second kappa shape index (κ2) is 7.65. The maximum atomic E-state index is 12.6. The third kappa shape index (κ3) is 3.45. The number of ketones is 1. The van der Waals surface area contributed by atoms with Gasteiger partial charge in [0.1, 0.15) is 5.71 Å². The summed E-state index contributed by atoms with van der Waals surface area (Å²) in [6.45, 7) is 5.00. The van der Waals surface area contributed by atoms with Crippen molar-refractivity contribution >= 4 is 17.5 Å². The van der Waals surface area contributed by atoms with Crippen molar-refractivity contribution in [1.82, 2.24) is 0 Å². The van der Waals surface area contributed by atoms with Crippen LogP contribution in [0.2, 0.25) is 0 Å². The molecule has 0 heterocycles. The molecule has 0 aliphatic heterocycles. The lowest BCUT2D eigenvalue weighted by Gasteiger charge is -2.13. The molecule has 1 atom stereocenters. The molecular weight excluding hydrogens is 326 g/mol. The summed E-state index contributed by atoms with van der Waals surface area (Å²) >= 11 is 0. The van der Waals surface area contributed by atoms with E-state index in [9.17, 15) is 9.59 Å². The number of benzene rings is 2. The monoisotopic (exact) mass is 349 g/mol. The summed E-state index contributed by atoms with van der Waals surface area (Å²) in [6.07, 6.45) is 3.35. The van der Waals surface area contributed by atoms with Crippen LogP contribution in [0.5, 0.6) is 0 Å². The normalized spacial score (nSPS) is 15.3. The summed E-state index contributed by atoms with van der Waals surface area (Å²) in [5, 5.41) is 3.62. The Hall–Kier alpha value is -2.75. The number of nitrogens with zero attached hydrogens (tertiary/aromatic N) is 1. The van der Waals surface area contributed by atoms with E-state index in [0.29, 0.717) is 11.5 Å². The van der Waals surface area contributed by atoms with Crippen molar-refractivity contribution < 1.29 is 14.4 Å². The van der Waals surface area contributed by atoms with Gasteiger partial charge in [-0.2, -0.15) is 0 Å². The van der Waals surface area contributed by atoms with E-state index in [2.05, 4.69) is 41.2 Å². The fourth-order valence-corrected chi connectivity index (χ4v) is 3.55. The van der Waals surface area contributed by atoms with Gasteiger partial charge in [-0.1, -0.05) is 61.3 Å². The zero-order valence-electron chi connectivity index (χ0n) is 15.4. The molecule has 0 bridgehead atoms. The highest BCUT2D eigenvalue weighted by molar-refractivity contribution is 6.45. The van der Waals surface area contributed by atoms with Crippen molar-refractivity contribution in [1.29, 1.82) is 0 Å². The number of Topliss-reactive ketones (excluding diaryl/α,β-unsaturated/α-hetero) is 1. The van der Waals surface area contributed by atoms with Crippen LogP contribution in [0.15, 0.2) is 47.6 Å². The zero-order chi connectivity index (χ0) is 18.7. The predicted molar refractivity (Wildman–Crippen MR) is 102 cm³/mol. The average Bonchev–Trinajstić information content (AvgIpc) is 2.96. The summed E-state index contributed by atoms with van der Waals surface area (Å²) in [6, 6.07) is 14.3. The molecule has 3 rings (SSSR count). The fraction of sp³-hybridized carbons (Fsp3) is 0.318. The quantitative estimate of drug-likeness (QED) is 0.315. The van der Waals surface area contributed by atoms with E-state index in [1.54, 1.807) is 6.92 Å². The van der Waals surface area contributed by atoms with Crippen molar-refractivity contribution in [3.8, 4) is 11.1 Å². The standard InChI is InChI=1S/C22H23NO3/c1-4-5-8-19-17-9-6-7-10-18(17)20-12-11-16(13-21(19)20)22(25)14(2)23-26-15(3)24/h6-7,9-13,19H,4-5,8H2,1-3H3/b23-14-. The largest absolute Gasteiger partial charge is 0.331 e. The molecular formula is C22H23NO3. The third-order valence-electron chi connectivity index (χ3n) is 4.80. The predicted octanol–water partition coefficient (Wildman–Crippen LogP) is 5.11. The van der Waals surface area contributed by atoms with E-state index in [-0.39, 0.29) is 11.5 Å². The molecule has 1 aliphatic carbocycles. The van der Waals surface area contributed by atoms with E-state index in [0.717, 1.165) is 19.3 Å². The minimum atomic E-state index is -0.541. The molecule has 2 aromatic carbocycles. The molecule has 0 spiro atoms. The Kier molecular flexibility index (Phi) is 5.31. The molecule has 1 unspecified atom stereocenters. The molecule has 4 heteroatoms. The number of unbranched alkanes of at least 4 members (excludes halogenated alkanes) is 1. The van der Waals surface area contributed by atoms with E-state index >= 15 is 0 Å². The van der Waals surface area contributed by atoms with Gasteiger partial charge in [-0.05, 0) is 41.7 Å². The number of oxime groups is 1. The van der Waals surface area contributed by atoms with E-state index in [4.69, 9.17) is 0 Å². The summed E-state index contributed by atoms with van der Waals surface area (Å²) in [7, 11) is 0. The van der Waals surface area contributed by atoms with Gasteiger partial charge < -0.3 is 4.84 Å². The first-order chi connectivity index (χ1) is 12.5. The second-order valence-corrected chi connectivity index (χ2v) is 6.67. The molecule has 0 N–H and O–H groups in total. The van der Waals surface area contributed by atoms with Gasteiger partial charge in [-0.25, -0.2) is 4.79 Å². The van der Waals surface area contributed by atoms with E-state index in [1.165, 1.54) is 29.2 Å². The van der Waals surface area contributed by atoms with Crippen LogP contribution < -0.4 is 0 Å². The van der Waals surface area contributed by atoms with Gasteiger partial charge in [0.05, 0.1) is 0 Å². The highest BCUT2D eigenvalue weighted by Gasteiger charge is 2.28. The topological polar surface area (TPSA) is 55.7 Å². The van der Waals surface area contributed by atoms with Gasteiger partial charge in [0.25, 0.3) is 0 Å². The Bertz CT molecular complexity index is 883. The van der Waals surface area contributed by atoms with E-state index in [1.807, 2.05) is 18.2 Å². The molecule has 134 valence electrons. The van der Waals surface area contributed by atoms with Crippen LogP contribution in [0.3, 0.4) is 0 Å². The molecule has 0 amide bonds. The summed E-state index contributed by atoms with van der Waals surface area (Å²) < 4.78 is 0. The summed E-state index contributed by atoms with van der Waals surface area (Å²) in [5.74, 6) is -0.444. The van der Waals surface area contributed by atoms with Gasteiger partial charge >= 0.3 is 5.97 Å². The average molecular weight is 349 g/mol. The number of rotatable bonds is 6. The number of carbonyl (C=O) groups excluding carboxylic acids is 2. The van der Waals surface area contributed by atoms with Gasteiger partial charge in [0, 0.05) is 18.4 Å². The lowest BCUT2D eigenvalue weighted by atomic mass is 9.90. The van der Waals surface area contributed by atoms with Crippen LogP contribution in [-0.2, 0) is 9.63 Å². The molecule has 26 heavy (non-hydrogen) atoms. The van der Waals surface area contributed by atoms with Crippen LogP contribution in [0.1, 0.15) is 67.4 Å². The van der Waals surface area contributed by atoms with Gasteiger partial charge in [-0.15, -0.1) is 0 Å². The maximum Gasteiger partial charge on any atom is 0.331 e. The van der Waals surface area contributed by atoms with Crippen molar-refractivity contribution in [3.63, 3.8) is 0 Å². The first-order valence-corrected chi connectivity index (χ1v) is 9.03. The highest BCUT2D eigenvalue weighted by Crippen LogP contribution is 2.47. The highest BCUT2D eigenvalue weighted by atomic mass is 16.7. The molecule has 0 aromatic heterocycles. The molecule has 2 aromatic rings. The Morgan fingerprint density at radius 1 is 1.04 bits per heavy atom. The molecule has 0 radical (unpaired) electrons. The molecule has 0 fully saturated rings. The van der Waals surface area contributed by atoms with Crippen LogP contribution in [-0.4, -0.2) is 17.5 Å². The minimum Gasteiger partial charge on any atom is -0.318 e. The minimum absolute atomic E-state index is 0.167. The van der Waals surface area contributed by atoms with Crippen molar-refractivity contribution in [2.75, 3.05) is 0 Å². The smallest absolute Gasteiger partial charge is 0.318 e. The van der Waals surface area contributed by atoms with Crippen LogP contribution >= 0.6 is 0 Å². The van der Waals surface area contributed by atoms with Crippen LogP contribution in [0.25, 0.3) is 11.1 Å². The Labute approximate surface area is 153 Å². The lowest BCUT2D eigenvalue weighted by molar-refractivity contribution is -0.140. The van der Waals surface area contributed by atoms with Gasteiger partial charge in [0.2, 0.25) is 5.78 Å². The Balaban J connectivity index is 1.97. The summed E-state index contributed by atoms with van der Waals surface area (Å²) in [4.78, 5) is 28.1. The SMILES string of the molecule is CCCCC1c2ccccc2-c2ccc(C(=O)/C(C)=N\OC(C)=O)cc21. The van der Waals surface area contributed by atoms with Crippen LogP contribution in [0, 0.1) is 0 Å². The van der Waals surface area contributed by atoms with Crippen LogP contribution in [0.4, 0.5) is 0 Å². The molecule has 1 aliphatic rings. The molecule has 0 saturated heterocycles. The third-order valence-corrected chi connectivity index (χ3v) is 4.80. The Morgan fingerprint density at radius 3 is 2.50 bits per heavy atom.